The quantitative estimate of drug-likeness (QED) is 0.840. The molecule has 3 atom stereocenters. The van der Waals surface area contributed by atoms with Gasteiger partial charge in [0.05, 0.1) is 5.37 Å². The van der Waals surface area contributed by atoms with Crippen LogP contribution in [0.25, 0.3) is 0 Å². The molecule has 20 heavy (non-hydrogen) atoms. The van der Waals surface area contributed by atoms with Gasteiger partial charge in [-0.1, -0.05) is 19.3 Å². The van der Waals surface area contributed by atoms with E-state index in [1.54, 1.807) is 0 Å². The van der Waals surface area contributed by atoms with Crippen molar-refractivity contribution in [2.45, 2.75) is 63.4 Å². The lowest BCUT2D eigenvalue weighted by Gasteiger charge is -2.32. The number of nitrogens with zero attached hydrogens (tertiary/aromatic N) is 1. The minimum atomic E-state index is -0.915. The Morgan fingerprint density at radius 1 is 1.30 bits per heavy atom. The van der Waals surface area contributed by atoms with Crippen molar-refractivity contribution in [1.82, 2.24) is 10.2 Å². The van der Waals surface area contributed by atoms with Crippen LogP contribution >= 0.6 is 11.8 Å². The van der Waals surface area contributed by atoms with Gasteiger partial charge in [0.2, 0.25) is 0 Å². The van der Waals surface area contributed by atoms with Crippen molar-refractivity contribution in [2.24, 2.45) is 5.92 Å². The van der Waals surface area contributed by atoms with E-state index in [9.17, 15) is 14.7 Å². The van der Waals surface area contributed by atoms with Crippen LogP contribution in [0.4, 0.5) is 4.79 Å². The summed E-state index contributed by atoms with van der Waals surface area (Å²) >= 11 is 1.52. The number of carboxylic acids is 1. The summed E-state index contributed by atoms with van der Waals surface area (Å²) < 4.78 is 0. The summed E-state index contributed by atoms with van der Waals surface area (Å²) in [6, 6.07) is -0.809. The second-order valence-corrected chi connectivity index (χ2v) is 7.18. The van der Waals surface area contributed by atoms with Crippen LogP contribution in [0.1, 0.15) is 46.0 Å². The van der Waals surface area contributed by atoms with Crippen LogP contribution in [0.15, 0.2) is 0 Å². The van der Waals surface area contributed by atoms with Crippen LogP contribution in [0.2, 0.25) is 0 Å². The standard InChI is InChI=1S/C14H24N2O3S/c1-9(11-6-4-3-5-7-11)15-14(19)16-10(2)20-8-12(16)13(17)18/h9-12H,3-8H2,1-2H3,(H,15,19)(H,17,18). The topological polar surface area (TPSA) is 69.6 Å². The number of thioether (sulfide) groups is 1. The summed E-state index contributed by atoms with van der Waals surface area (Å²) in [5.74, 6) is 0.0886. The molecule has 114 valence electrons. The molecule has 0 radical (unpaired) electrons. The summed E-state index contributed by atoms with van der Waals surface area (Å²) in [4.78, 5) is 25.1. The van der Waals surface area contributed by atoms with Gasteiger partial charge >= 0.3 is 12.0 Å². The van der Waals surface area contributed by atoms with E-state index in [1.807, 2.05) is 13.8 Å². The number of carbonyl (C=O) groups excluding carboxylic acids is 1. The third kappa shape index (κ3) is 3.40. The minimum absolute atomic E-state index is 0.0744. The number of carboxylic acid groups (broad SMARTS) is 1. The fourth-order valence-corrected chi connectivity index (χ4v) is 4.33. The molecule has 5 nitrogen and oxygen atoms in total. The van der Waals surface area contributed by atoms with Crippen LogP contribution < -0.4 is 5.32 Å². The molecule has 0 aromatic carbocycles. The molecule has 1 saturated carbocycles. The molecule has 0 aromatic rings. The zero-order valence-corrected chi connectivity index (χ0v) is 13.0. The number of aliphatic carboxylic acids is 1. The van der Waals surface area contributed by atoms with Gasteiger partial charge in [0.1, 0.15) is 6.04 Å². The number of amides is 2. The zero-order valence-electron chi connectivity index (χ0n) is 12.2. The van der Waals surface area contributed by atoms with Gasteiger partial charge in [-0.2, -0.15) is 0 Å². The molecular weight excluding hydrogens is 276 g/mol. The van der Waals surface area contributed by atoms with Crippen LogP contribution in [0, 0.1) is 5.92 Å². The smallest absolute Gasteiger partial charge is 0.327 e. The molecular formula is C14H24N2O3S. The predicted molar refractivity (Wildman–Crippen MR) is 79.8 cm³/mol. The second-order valence-electron chi connectivity index (χ2n) is 5.83. The lowest BCUT2D eigenvalue weighted by molar-refractivity contribution is -0.141. The summed E-state index contributed by atoms with van der Waals surface area (Å²) in [5.41, 5.74) is 0. The highest BCUT2D eigenvalue weighted by Crippen LogP contribution is 2.30. The van der Waals surface area contributed by atoms with Crippen LogP contribution in [0.5, 0.6) is 0 Å². The highest BCUT2D eigenvalue weighted by molar-refractivity contribution is 8.00. The Labute approximate surface area is 124 Å². The molecule has 0 spiro atoms. The Balaban J connectivity index is 1.94. The monoisotopic (exact) mass is 300 g/mol. The van der Waals surface area contributed by atoms with Crippen molar-refractivity contribution in [1.29, 1.82) is 0 Å². The molecule has 2 N–H and O–H groups in total. The molecule has 1 saturated heterocycles. The first-order valence-electron chi connectivity index (χ1n) is 7.44. The Bertz CT molecular complexity index is 371. The minimum Gasteiger partial charge on any atom is -0.480 e. The van der Waals surface area contributed by atoms with E-state index < -0.39 is 12.0 Å². The number of hydrogen-bond acceptors (Lipinski definition) is 3. The highest BCUT2D eigenvalue weighted by Gasteiger charge is 2.40. The van der Waals surface area contributed by atoms with Gasteiger partial charge in [-0.3, -0.25) is 4.90 Å². The average molecular weight is 300 g/mol. The number of urea groups is 1. The van der Waals surface area contributed by atoms with Gasteiger partial charge in [-0.25, -0.2) is 9.59 Å². The zero-order chi connectivity index (χ0) is 14.7. The van der Waals surface area contributed by atoms with Gasteiger partial charge in [-0.05, 0) is 32.6 Å². The lowest BCUT2D eigenvalue weighted by Crippen LogP contribution is -2.52. The van der Waals surface area contributed by atoms with E-state index in [-0.39, 0.29) is 17.4 Å². The van der Waals surface area contributed by atoms with Crippen molar-refractivity contribution in [3.05, 3.63) is 0 Å². The molecule has 1 aliphatic heterocycles. The molecule has 3 unspecified atom stereocenters. The number of carbonyl (C=O) groups is 2. The molecule has 2 aliphatic rings. The summed E-state index contributed by atoms with van der Waals surface area (Å²) in [7, 11) is 0. The lowest BCUT2D eigenvalue weighted by atomic mass is 9.84. The summed E-state index contributed by atoms with van der Waals surface area (Å²) in [6.07, 6.45) is 6.08. The second kappa shape index (κ2) is 6.70. The van der Waals surface area contributed by atoms with E-state index >= 15 is 0 Å². The van der Waals surface area contributed by atoms with Gasteiger partial charge in [0, 0.05) is 11.8 Å². The van der Waals surface area contributed by atoms with Crippen molar-refractivity contribution in [3.8, 4) is 0 Å². The first kappa shape index (κ1) is 15.5. The Morgan fingerprint density at radius 2 is 1.95 bits per heavy atom. The molecule has 1 heterocycles. The number of nitrogens with one attached hydrogen (secondary N) is 1. The van der Waals surface area contributed by atoms with E-state index in [4.69, 9.17) is 0 Å². The summed E-state index contributed by atoms with van der Waals surface area (Å²) in [6.45, 7) is 3.93. The normalized spacial score (nSPS) is 29.2. The van der Waals surface area contributed by atoms with Crippen LogP contribution in [-0.2, 0) is 4.79 Å². The molecule has 0 aromatic heterocycles. The predicted octanol–water partition coefficient (Wildman–Crippen LogP) is 2.51. The van der Waals surface area contributed by atoms with E-state index in [2.05, 4.69) is 5.32 Å². The third-order valence-electron chi connectivity index (χ3n) is 4.45. The first-order valence-corrected chi connectivity index (χ1v) is 8.49. The molecule has 2 rings (SSSR count). The van der Waals surface area contributed by atoms with Crippen molar-refractivity contribution in [3.63, 3.8) is 0 Å². The molecule has 2 amide bonds. The molecule has 2 fully saturated rings. The van der Waals surface area contributed by atoms with E-state index in [1.165, 1.54) is 35.9 Å². The fraction of sp³-hybridized carbons (Fsp3) is 0.857. The molecule has 6 heteroatoms. The highest BCUT2D eigenvalue weighted by atomic mass is 32.2. The van der Waals surface area contributed by atoms with Crippen molar-refractivity contribution >= 4 is 23.8 Å². The first-order chi connectivity index (χ1) is 9.50. The van der Waals surface area contributed by atoms with E-state index in [0.717, 1.165) is 12.8 Å². The Morgan fingerprint density at radius 3 is 2.55 bits per heavy atom. The van der Waals surface area contributed by atoms with Crippen molar-refractivity contribution in [2.75, 3.05) is 5.75 Å². The summed E-state index contributed by atoms with van der Waals surface area (Å²) in [5, 5.41) is 12.1. The van der Waals surface area contributed by atoms with Crippen LogP contribution in [-0.4, -0.2) is 45.2 Å². The van der Waals surface area contributed by atoms with Gasteiger partial charge in [0.25, 0.3) is 0 Å². The Hall–Kier alpha value is -0.910. The van der Waals surface area contributed by atoms with Crippen molar-refractivity contribution < 1.29 is 14.7 Å². The maximum Gasteiger partial charge on any atom is 0.327 e. The maximum atomic E-state index is 12.4. The number of hydrogen-bond donors (Lipinski definition) is 2. The van der Waals surface area contributed by atoms with Crippen LogP contribution in [0.3, 0.4) is 0 Å². The van der Waals surface area contributed by atoms with E-state index in [0.29, 0.717) is 11.7 Å². The molecule has 0 bridgehead atoms. The van der Waals surface area contributed by atoms with Gasteiger partial charge in [0.15, 0.2) is 0 Å². The fourth-order valence-electron chi connectivity index (χ4n) is 3.16. The largest absolute Gasteiger partial charge is 0.480 e. The maximum absolute atomic E-state index is 12.4. The Kier molecular flexibility index (Phi) is 5.18. The SMILES string of the molecule is CC(NC(=O)N1C(C)SCC1C(=O)O)C1CCCCC1. The van der Waals surface area contributed by atoms with Gasteiger partial charge in [-0.15, -0.1) is 11.8 Å². The molecule has 1 aliphatic carbocycles. The third-order valence-corrected chi connectivity index (χ3v) is 5.67. The number of rotatable bonds is 3. The average Bonchev–Trinajstić information content (AvgIpc) is 2.81. The van der Waals surface area contributed by atoms with Gasteiger partial charge < -0.3 is 10.4 Å².